The van der Waals surface area contributed by atoms with E-state index in [1.807, 2.05) is 26.8 Å². The number of aliphatic hydroxyl groups is 1. The summed E-state index contributed by atoms with van der Waals surface area (Å²) in [5.74, 6) is 0. The van der Waals surface area contributed by atoms with E-state index in [1.54, 1.807) is 17.3 Å². The zero-order valence-corrected chi connectivity index (χ0v) is 16.8. The van der Waals surface area contributed by atoms with Gasteiger partial charge in [-0.25, -0.2) is 4.79 Å². The van der Waals surface area contributed by atoms with Crippen LogP contribution in [0, 0.1) is 5.41 Å². The third kappa shape index (κ3) is 4.00. The van der Waals surface area contributed by atoms with E-state index in [-0.39, 0.29) is 11.5 Å². The molecule has 1 amide bonds. The van der Waals surface area contributed by atoms with E-state index < -0.39 is 11.2 Å². The van der Waals surface area contributed by atoms with Crippen molar-refractivity contribution in [1.82, 2.24) is 9.88 Å². The van der Waals surface area contributed by atoms with Gasteiger partial charge in [-0.2, -0.15) is 0 Å². The van der Waals surface area contributed by atoms with Gasteiger partial charge in [0.15, 0.2) is 0 Å². The van der Waals surface area contributed by atoms with Gasteiger partial charge >= 0.3 is 6.09 Å². The molecule has 3 rings (SSSR count). The molecule has 25 heavy (non-hydrogen) atoms. The summed E-state index contributed by atoms with van der Waals surface area (Å²) in [4.78, 5) is 18.1. The number of aromatic nitrogens is 1. The number of likely N-dealkylation sites (tertiary alicyclic amines) is 1. The number of pyridine rings is 1. The van der Waals surface area contributed by atoms with E-state index in [1.165, 1.54) is 0 Å². The van der Waals surface area contributed by atoms with Gasteiger partial charge in [0.05, 0.1) is 5.60 Å². The Morgan fingerprint density at radius 3 is 2.56 bits per heavy atom. The lowest BCUT2D eigenvalue weighted by Gasteiger charge is -2.40. The predicted molar refractivity (Wildman–Crippen MR) is 99.2 cm³/mol. The van der Waals surface area contributed by atoms with Gasteiger partial charge < -0.3 is 14.7 Å². The Morgan fingerprint density at radius 2 is 1.96 bits per heavy atom. The lowest BCUT2D eigenvalue weighted by molar-refractivity contribution is -0.00130. The second-order valence-electron chi connectivity index (χ2n) is 8.53. The third-order valence-electron chi connectivity index (χ3n) is 5.49. The van der Waals surface area contributed by atoms with Gasteiger partial charge in [-0.05, 0) is 80.3 Å². The summed E-state index contributed by atoms with van der Waals surface area (Å²) >= 11 is 3.52. The molecular weight excluding hydrogens is 384 g/mol. The zero-order chi connectivity index (χ0) is 18.3. The number of ether oxygens (including phenoxy) is 1. The fourth-order valence-electron chi connectivity index (χ4n) is 4.17. The first-order valence-electron chi connectivity index (χ1n) is 8.93. The molecular formula is C19H27BrN2O3. The Morgan fingerprint density at radius 1 is 1.28 bits per heavy atom. The molecule has 5 nitrogen and oxygen atoms in total. The summed E-state index contributed by atoms with van der Waals surface area (Å²) in [5, 5.41) is 11.2. The summed E-state index contributed by atoms with van der Waals surface area (Å²) in [7, 11) is 0. The first kappa shape index (κ1) is 18.6. The van der Waals surface area contributed by atoms with Crippen LogP contribution in [0.15, 0.2) is 22.9 Å². The SMILES string of the molecule is CC(C)(C)OC(=O)N1CCC2(CC1)CCC(O)(c1ccncc1Br)C2. The van der Waals surface area contributed by atoms with Crippen LogP contribution in [-0.4, -0.2) is 39.8 Å². The van der Waals surface area contributed by atoms with Crippen LogP contribution < -0.4 is 0 Å². The van der Waals surface area contributed by atoms with Gasteiger partial charge in [-0.15, -0.1) is 0 Å². The molecule has 138 valence electrons. The van der Waals surface area contributed by atoms with E-state index in [9.17, 15) is 9.90 Å². The minimum absolute atomic E-state index is 0.107. The minimum Gasteiger partial charge on any atom is -0.444 e. The molecule has 1 N–H and O–H groups in total. The molecule has 0 bridgehead atoms. The quantitative estimate of drug-likeness (QED) is 0.751. The monoisotopic (exact) mass is 410 g/mol. The van der Waals surface area contributed by atoms with Crippen molar-refractivity contribution in [2.75, 3.05) is 13.1 Å². The highest BCUT2D eigenvalue weighted by molar-refractivity contribution is 9.10. The number of amides is 1. The molecule has 1 aliphatic carbocycles. The van der Waals surface area contributed by atoms with E-state index in [4.69, 9.17) is 4.74 Å². The lowest BCUT2D eigenvalue weighted by atomic mass is 9.75. The maximum absolute atomic E-state index is 12.3. The third-order valence-corrected chi connectivity index (χ3v) is 6.12. The van der Waals surface area contributed by atoms with Crippen LogP contribution in [0.2, 0.25) is 0 Å². The molecule has 2 heterocycles. The Bertz CT molecular complexity index is 650. The van der Waals surface area contributed by atoms with Gasteiger partial charge in [-0.1, -0.05) is 0 Å². The highest BCUT2D eigenvalue weighted by Crippen LogP contribution is 2.55. The first-order valence-corrected chi connectivity index (χ1v) is 9.72. The topological polar surface area (TPSA) is 62.7 Å². The van der Waals surface area contributed by atoms with Gasteiger partial charge in [0.1, 0.15) is 5.60 Å². The van der Waals surface area contributed by atoms with Crippen LogP contribution in [-0.2, 0) is 10.3 Å². The summed E-state index contributed by atoms with van der Waals surface area (Å²) in [6.45, 7) is 7.06. The second kappa shape index (κ2) is 6.54. The highest BCUT2D eigenvalue weighted by atomic mass is 79.9. The molecule has 1 saturated carbocycles. The van der Waals surface area contributed by atoms with E-state index in [0.717, 1.165) is 42.1 Å². The molecule has 1 aromatic rings. The van der Waals surface area contributed by atoms with Crippen LogP contribution in [0.5, 0.6) is 0 Å². The van der Waals surface area contributed by atoms with Crippen molar-refractivity contribution >= 4 is 22.0 Å². The Balaban J connectivity index is 1.65. The average molecular weight is 411 g/mol. The summed E-state index contributed by atoms with van der Waals surface area (Å²) < 4.78 is 6.34. The van der Waals surface area contributed by atoms with Crippen molar-refractivity contribution in [1.29, 1.82) is 0 Å². The van der Waals surface area contributed by atoms with E-state index >= 15 is 0 Å². The summed E-state index contributed by atoms with van der Waals surface area (Å²) in [5.41, 5.74) is -0.242. The molecule has 1 spiro atoms. The van der Waals surface area contributed by atoms with Crippen LogP contribution >= 0.6 is 15.9 Å². The molecule has 1 unspecified atom stereocenters. The number of hydrogen-bond donors (Lipinski definition) is 1. The van der Waals surface area contributed by atoms with Crippen molar-refractivity contribution in [3.63, 3.8) is 0 Å². The molecule has 2 aliphatic rings. The number of nitrogens with zero attached hydrogens (tertiary/aromatic N) is 2. The molecule has 2 fully saturated rings. The number of carbonyl (C=O) groups excluding carboxylic acids is 1. The van der Waals surface area contributed by atoms with E-state index in [0.29, 0.717) is 13.1 Å². The van der Waals surface area contributed by atoms with Crippen molar-refractivity contribution in [2.24, 2.45) is 5.41 Å². The van der Waals surface area contributed by atoms with Crippen molar-refractivity contribution in [2.45, 2.75) is 64.1 Å². The molecule has 6 heteroatoms. The average Bonchev–Trinajstić information content (AvgIpc) is 2.84. The summed E-state index contributed by atoms with van der Waals surface area (Å²) in [6, 6.07) is 1.90. The lowest BCUT2D eigenvalue weighted by Crippen LogP contribution is -2.45. The number of halogens is 1. The molecule has 0 aromatic carbocycles. The van der Waals surface area contributed by atoms with Crippen molar-refractivity contribution < 1.29 is 14.6 Å². The Kier molecular flexibility index (Phi) is 4.88. The highest BCUT2D eigenvalue weighted by Gasteiger charge is 2.50. The Hall–Kier alpha value is -1.14. The standard InChI is InChI=1S/C19H27BrN2O3/c1-17(2,3)25-16(23)22-10-7-18(8-11-22)5-6-19(24,13-18)14-4-9-21-12-15(14)20/h4,9,12,24H,5-8,10-11,13H2,1-3H3. The maximum atomic E-state index is 12.3. The fourth-order valence-corrected chi connectivity index (χ4v) is 4.79. The van der Waals surface area contributed by atoms with Crippen molar-refractivity contribution in [3.8, 4) is 0 Å². The van der Waals surface area contributed by atoms with E-state index in [2.05, 4.69) is 20.9 Å². The smallest absolute Gasteiger partial charge is 0.410 e. The first-order chi connectivity index (χ1) is 11.6. The maximum Gasteiger partial charge on any atom is 0.410 e. The predicted octanol–water partition coefficient (Wildman–Crippen LogP) is 4.23. The largest absolute Gasteiger partial charge is 0.444 e. The number of carbonyl (C=O) groups is 1. The molecule has 1 aromatic heterocycles. The molecule has 1 saturated heterocycles. The Labute approximate surface area is 157 Å². The number of hydrogen-bond acceptors (Lipinski definition) is 4. The van der Waals surface area contributed by atoms with Gasteiger partial charge in [0, 0.05) is 35.5 Å². The van der Waals surface area contributed by atoms with Crippen LogP contribution in [0.1, 0.15) is 58.4 Å². The van der Waals surface area contributed by atoms with Crippen LogP contribution in [0.4, 0.5) is 4.79 Å². The van der Waals surface area contributed by atoms with Crippen LogP contribution in [0.3, 0.4) is 0 Å². The zero-order valence-electron chi connectivity index (χ0n) is 15.2. The second-order valence-corrected chi connectivity index (χ2v) is 9.39. The molecule has 1 atom stereocenters. The molecule has 0 radical (unpaired) electrons. The van der Waals surface area contributed by atoms with Crippen molar-refractivity contribution in [3.05, 3.63) is 28.5 Å². The number of rotatable bonds is 1. The minimum atomic E-state index is -0.810. The normalized spacial score (nSPS) is 26.0. The molecule has 1 aliphatic heterocycles. The fraction of sp³-hybridized carbons (Fsp3) is 0.684. The van der Waals surface area contributed by atoms with Gasteiger partial charge in [0.2, 0.25) is 0 Å². The number of piperidine rings is 1. The van der Waals surface area contributed by atoms with Gasteiger partial charge in [-0.3, -0.25) is 4.98 Å². The van der Waals surface area contributed by atoms with Crippen LogP contribution in [0.25, 0.3) is 0 Å². The van der Waals surface area contributed by atoms with Gasteiger partial charge in [0.25, 0.3) is 0 Å². The summed E-state index contributed by atoms with van der Waals surface area (Å²) in [6.07, 6.45) is 7.55.